The van der Waals surface area contributed by atoms with E-state index >= 15 is 0 Å². The molecule has 7 heteroatoms. The zero-order chi connectivity index (χ0) is 17.5. The molecule has 1 fully saturated rings. The second-order valence-corrected chi connectivity index (χ2v) is 6.12. The number of likely N-dealkylation sites (tertiary alicyclic amines) is 1. The Bertz CT molecular complexity index is 579. The van der Waals surface area contributed by atoms with Crippen LogP contribution in [0.1, 0.15) is 38.7 Å². The molecule has 1 saturated heterocycles. The second-order valence-electron chi connectivity index (χ2n) is 6.12. The van der Waals surface area contributed by atoms with Gasteiger partial charge in [-0.2, -0.15) is 0 Å². The minimum atomic E-state index is -0.839. The maximum absolute atomic E-state index is 12.2. The van der Waals surface area contributed by atoms with Gasteiger partial charge in [-0.05, 0) is 37.8 Å². The van der Waals surface area contributed by atoms with Gasteiger partial charge in [-0.15, -0.1) is 0 Å². The molecule has 2 heterocycles. The molecule has 0 bridgehead atoms. The molecule has 24 heavy (non-hydrogen) atoms. The van der Waals surface area contributed by atoms with Gasteiger partial charge < -0.3 is 20.1 Å². The van der Waals surface area contributed by atoms with Crippen molar-refractivity contribution < 1.29 is 19.4 Å². The lowest BCUT2D eigenvalue weighted by atomic mass is 9.99. The average molecular weight is 335 g/mol. The predicted molar refractivity (Wildman–Crippen MR) is 88.8 cm³/mol. The molecule has 0 aromatic carbocycles. The zero-order valence-electron chi connectivity index (χ0n) is 14.2. The van der Waals surface area contributed by atoms with E-state index in [0.29, 0.717) is 31.8 Å². The molecule has 0 aliphatic carbocycles. The standard InChI is InChI=1S/C17H25N3O4/c1-3-12(2)24-15-9-13(6-7-18-15)10-19-17(23)20-8-4-5-14(11-20)16(21)22/h6-7,9,12,14H,3-5,8,10-11H2,1-2H3,(H,19,23)(H,21,22). The van der Waals surface area contributed by atoms with Crippen LogP contribution in [0.5, 0.6) is 5.88 Å². The Morgan fingerprint density at radius 3 is 3.04 bits per heavy atom. The van der Waals surface area contributed by atoms with Crippen LogP contribution < -0.4 is 10.1 Å². The van der Waals surface area contributed by atoms with Gasteiger partial charge in [0.2, 0.25) is 5.88 Å². The van der Waals surface area contributed by atoms with E-state index in [-0.39, 0.29) is 18.7 Å². The summed E-state index contributed by atoms with van der Waals surface area (Å²) in [6.45, 7) is 5.23. The van der Waals surface area contributed by atoms with E-state index in [1.165, 1.54) is 0 Å². The van der Waals surface area contributed by atoms with Crippen molar-refractivity contribution in [3.05, 3.63) is 23.9 Å². The van der Waals surface area contributed by atoms with Gasteiger partial charge in [0.15, 0.2) is 0 Å². The molecular weight excluding hydrogens is 310 g/mol. The average Bonchev–Trinajstić information content (AvgIpc) is 2.60. The summed E-state index contributed by atoms with van der Waals surface area (Å²) >= 11 is 0. The molecule has 132 valence electrons. The summed E-state index contributed by atoms with van der Waals surface area (Å²) in [5.74, 6) is -0.769. The maximum Gasteiger partial charge on any atom is 0.317 e. The van der Waals surface area contributed by atoms with Gasteiger partial charge in [0.1, 0.15) is 0 Å². The highest BCUT2D eigenvalue weighted by Gasteiger charge is 2.27. The largest absolute Gasteiger partial charge is 0.481 e. The first-order chi connectivity index (χ1) is 11.5. The number of hydrogen-bond acceptors (Lipinski definition) is 4. The van der Waals surface area contributed by atoms with Crippen molar-refractivity contribution in [1.29, 1.82) is 0 Å². The summed E-state index contributed by atoms with van der Waals surface area (Å²) in [6, 6.07) is 3.39. The van der Waals surface area contributed by atoms with E-state index < -0.39 is 11.9 Å². The normalized spacial score (nSPS) is 18.8. The van der Waals surface area contributed by atoms with Gasteiger partial charge >= 0.3 is 12.0 Å². The van der Waals surface area contributed by atoms with Crippen LogP contribution in [-0.4, -0.2) is 46.2 Å². The number of carbonyl (C=O) groups is 2. The van der Waals surface area contributed by atoms with Crippen molar-refractivity contribution in [1.82, 2.24) is 15.2 Å². The van der Waals surface area contributed by atoms with Crippen LogP contribution in [0.25, 0.3) is 0 Å². The number of nitrogens with zero attached hydrogens (tertiary/aromatic N) is 2. The number of ether oxygens (including phenoxy) is 1. The lowest BCUT2D eigenvalue weighted by Crippen LogP contribution is -2.46. The molecule has 1 aliphatic rings. The Kier molecular flexibility index (Phi) is 6.40. The number of aromatic nitrogens is 1. The molecule has 0 saturated carbocycles. The minimum Gasteiger partial charge on any atom is -0.481 e. The van der Waals surface area contributed by atoms with Crippen LogP contribution in [0, 0.1) is 5.92 Å². The summed E-state index contributed by atoms with van der Waals surface area (Å²) in [7, 11) is 0. The molecule has 2 unspecified atom stereocenters. The van der Waals surface area contributed by atoms with Crippen LogP contribution in [-0.2, 0) is 11.3 Å². The fraction of sp³-hybridized carbons (Fsp3) is 0.588. The minimum absolute atomic E-state index is 0.0867. The first-order valence-electron chi connectivity index (χ1n) is 8.36. The molecule has 1 aliphatic heterocycles. The predicted octanol–water partition coefficient (Wildman–Crippen LogP) is 2.27. The molecule has 7 nitrogen and oxygen atoms in total. The molecule has 0 radical (unpaired) electrons. The van der Waals surface area contributed by atoms with Crippen LogP contribution in [0.4, 0.5) is 4.79 Å². The Labute approximate surface area is 142 Å². The third-order valence-corrected chi connectivity index (χ3v) is 4.20. The quantitative estimate of drug-likeness (QED) is 0.832. The van der Waals surface area contributed by atoms with E-state index in [9.17, 15) is 9.59 Å². The van der Waals surface area contributed by atoms with Gasteiger partial charge in [0, 0.05) is 31.9 Å². The molecule has 1 aromatic rings. The van der Waals surface area contributed by atoms with Gasteiger partial charge in [-0.1, -0.05) is 6.92 Å². The Hall–Kier alpha value is -2.31. The smallest absolute Gasteiger partial charge is 0.317 e. The number of amides is 2. The van der Waals surface area contributed by atoms with E-state index in [1.54, 1.807) is 11.1 Å². The van der Waals surface area contributed by atoms with Crippen LogP contribution in [0.2, 0.25) is 0 Å². The molecule has 2 N–H and O–H groups in total. The Morgan fingerprint density at radius 1 is 1.54 bits per heavy atom. The van der Waals surface area contributed by atoms with Crippen molar-refractivity contribution >= 4 is 12.0 Å². The molecular formula is C17H25N3O4. The van der Waals surface area contributed by atoms with Crippen LogP contribution in [0.3, 0.4) is 0 Å². The number of urea groups is 1. The van der Waals surface area contributed by atoms with Gasteiger partial charge in [-0.25, -0.2) is 9.78 Å². The van der Waals surface area contributed by atoms with Crippen LogP contribution >= 0.6 is 0 Å². The van der Waals surface area contributed by atoms with Gasteiger partial charge in [-0.3, -0.25) is 4.79 Å². The fourth-order valence-electron chi connectivity index (χ4n) is 2.57. The highest BCUT2D eigenvalue weighted by Crippen LogP contribution is 2.17. The number of pyridine rings is 1. The fourth-order valence-corrected chi connectivity index (χ4v) is 2.57. The third kappa shape index (κ3) is 5.11. The van der Waals surface area contributed by atoms with Crippen molar-refractivity contribution in [2.45, 2.75) is 45.8 Å². The van der Waals surface area contributed by atoms with Crippen molar-refractivity contribution in [3.63, 3.8) is 0 Å². The summed E-state index contributed by atoms with van der Waals surface area (Å²) in [5, 5.41) is 11.9. The third-order valence-electron chi connectivity index (χ3n) is 4.20. The summed E-state index contributed by atoms with van der Waals surface area (Å²) in [4.78, 5) is 29.0. The highest BCUT2D eigenvalue weighted by atomic mass is 16.5. The Morgan fingerprint density at radius 2 is 2.33 bits per heavy atom. The lowest BCUT2D eigenvalue weighted by Gasteiger charge is -2.30. The Balaban J connectivity index is 1.87. The number of nitrogens with one attached hydrogen (secondary N) is 1. The van der Waals surface area contributed by atoms with E-state index in [2.05, 4.69) is 10.3 Å². The van der Waals surface area contributed by atoms with Crippen LogP contribution in [0.15, 0.2) is 18.3 Å². The zero-order valence-corrected chi connectivity index (χ0v) is 14.2. The van der Waals surface area contributed by atoms with E-state index in [0.717, 1.165) is 12.0 Å². The van der Waals surface area contributed by atoms with E-state index in [4.69, 9.17) is 9.84 Å². The molecule has 2 rings (SSSR count). The van der Waals surface area contributed by atoms with Crippen molar-refractivity contribution in [2.75, 3.05) is 13.1 Å². The number of carboxylic acids is 1. The van der Waals surface area contributed by atoms with E-state index in [1.807, 2.05) is 26.0 Å². The number of carbonyl (C=O) groups excluding carboxylic acids is 1. The molecule has 2 amide bonds. The topological polar surface area (TPSA) is 91.8 Å². The monoisotopic (exact) mass is 335 g/mol. The summed E-state index contributed by atoms with van der Waals surface area (Å²) < 4.78 is 5.67. The maximum atomic E-state index is 12.2. The number of piperidine rings is 1. The number of rotatable bonds is 6. The molecule has 0 spiro atoms. The second kappa shape index (κ2) is 8.52. The summed E-state index contributed by atoms with van der Waals surface area (Å²) in [5.41, 5.74) is 0.892. The summed E-state index contributed by atoms with van der Waals surface area (Å²) in [6.07, 6.45) is 3.97. The van der Waals surface area contributed by atoms with Gasteiger partial charge in [0.05, 0.1) is 12.0 Å². The SMILES string of the molecule is CCC(C)Oc1cc(CNC(=O)N2CCCC(C(=O)O)C2)ccn1. The number of carboxylic acid groups (broad SMARTS) is 1. The first-order valence-corrected chi connectivity index (χ1v) is 8.36. The molecule has 1 aromatic heterocycles. The number of hydrogen-bond donors (Lipinski definition) is 2. The van der Waals surface area contributed by atoms with Crippen molar-refractivity contribution in [3.8, 4) is 5.88 Å². The van der Waals surface area contributed by atoms with Gasteiger partial charge in [0.25, 0.3) is 0 Å². The number of aliphatic carboxylic acids is 1. The lowest BCUT2D eigenvalue weighted by molar-refractivity contribution is -0.143. The highest BCUT2D eigenvalue weighted by molar-refractivity contribution is 5.76. The molecule has 2 atom stereocenters. The van der Waals surface area contributed by atoms with Crippen molar-refractivity contribution in [2.24, 2.45) is 5.92 Å². The first kappa shape index (κ1) is 18.0.